The van der Waals surface area contributed by atoms with Crippen molar-refractivity contribution in [1.82, 2.24) is 20.4 Å². The summed E-state index contributed by atoms with van der Waals surface area (Å²) in [5.41, 5.74) is 2.68. The van der Waals surface area contributed by atoms with Gasteiger partial charge in [-0.05, 0) is 42.9 Å². The van der Waals surface area contributed by atoms with Gasteiger partial charge in [-0.15, -0.1) is 0 Å². The topological polar surface area (TPSA) is 127 Å². The standard InChI is InChI=1S/C33H41N5O5/c39-32(35-27-15-7-9-17-30(27)42-22-24-11-3-1-4-12-24)21-38-29(19-26(37-38)20-34-41)33(40)36-28-16-8-10-18-31(28)43-23-25-13-5-2-6-14-25/h1-6,11-14,19-20,27-28,30-31,41H,7-10,15-18,21-23H2,(H,35,39)(H,36,40)/b34-20-/t27-,28-,30-,31-/m0/s1. The normalized spacial score (nSPS) is 22.3. The molecule has 5 rings (SSSR count). The second-order valence-corrected chi connectivity index (χ2v) is 11.3. The molecule has 0 aliphatic heterocycles. The molecule has 2 aliphatic rings. The number of nitrogens with zero attached hydrogens (tertiary/aromatic N) is 3. The summed E-state index contributed by atoms with van der Waals surface area (Å²) in [7, 11) is 0. The molecule has 2 saturated carbocycles. The van der Waals surface area contributed by atoms with Crippen molar-refractivity contribution in [3.8, 4) is 0 Å². The van der Waals surface area contributed by atoms with E-state index in [9.17, 15) is 9.59 Å². The van der Waals surface area contributed by atoms with Crippen LogP contribution in [0.25, 0.3) is 0 Å². The lowest BCUT2D eigenvalue weighted by Crippen LogP contribution is -2.48. The Bertz CT molecular complexity index is 1350. The molecule has 3 aromatic rings. The number of rotatable bonds is 12. The lowest BCUT2D eigenvalue weighted by atomic mass is 9.92. The first-order chi connectivity index (χ1) is 21.1. The van der Waals surface area contributed by atoms with Crippen LogP contribution < -0.4 is 10.6 Å². The second kappa shape index (κ2) is 15.5. The maximum Gasteiger partial charge on any atom is 0.269 e. The fourth-order valence-corrected chi connectivity index (χ4v) is 5.97. The summed E-state index contributed by atoms with van der Waals surface area (Å²) >= 11 is 0. The molecule has 2 amide bonds. The number of amides is 2. The highest BCUT2D eigenvalue weighted by atomic mass is 16.5. The first-order valence-corrected chi connectivity index (χ1v) is 15.3. The Morgan fingerprint density at radius 2 is 1.37 bits per heavy atom. The van der Waals surface area contributed by atoms with Gasteiger partial charge in [-0.2, -0.15) is 5.10 Å². The lowest BCUT2D eigenvalue weighted by Gasteiger charge is -2.32. The summed E-state index contributed by atoms with van der Waals surface area (Å²) in [5.74, 6) is -0.605. The number of benzene rings is 2. The molecule has 228 valence electrons. The summed E-state index contributed by atoms with van der Waals surface area (Å²) in [6, 6.07) is 21.2. The number of carbonyl (C=O) groups excluding carboxylic acids is 2. The third kappa shape index (κ3) is 8.75. The molecule has 1 heterocycles. The fraction of sp³-hybridized carbons (Fsp3) is 0.455. The van der Waals surface area contributed by atoms with Gasteiger partial charge < -0.3 is 25.3 Å². The molecular weight excluding hydrogens is 546 g/mol. The Labute approximate surface area is 252 Å². The van der Waals surface area contributed by atoms with Crippen molar-refractivity contribution in [2.45, 2.75) is 95.4 Å². The molecule has 0 spiro atoms. The van der Waals surface area contributed by atoms with E-state index in [-0.39, 0.29) is 54.0 Å². The predicted octanol–water partition coefficient (Wildman–Crippen LogP) is 4.59. The third-order valence-electron chi connectivity index (χ3n) is 8.20. The van der Waals surface area contributed by atoms with Crippen molar-refractivity contribution < 1.29 is 24.3 Å². The van der Waals surface area contributed by atoms with E-state index in [1.807, 2.05) is 60.7 Å². The van der Waals surface area contributed by atoms with Crippen LogP contribution in [0.3, 0.4) is 0 Å². The molecule has 4 atom stereocenters. The molecule has 0 saturated heterocycles. The number of aromatic nitrogens is 2. The van der Waals surface area contributed by atoms with Gasteiger partial charge in [0.25, 0.3) is 5.91 Å². The van der Waals surface area contributed by atoms with E-state index in [4.69, 9.17) is 14.7 Å². The SMILES string of the molecule is O=C(Cn1nc(/C=N\O)cc1C(=O)N[C@H]1CCCC[C@@H]1OCc1ccccc1)N[C@H]1CCCC[C@@H]1OCc1ccccc1. The van der Waals surface area contributed by atoms with Gasteiger partial charge in [0, 0.05) is 0 Å². The van der Waals surface area contributed by atoms with Crippen LogP contribution in [0.1, 0.15) is 78.7 Å². The Hall–Kier alpha value is -4.02. The zero-order valence-electron chi connectivity index (χ0n) is 24.4. The molecule has 2 fully saturated rings. The fourth-order valence-electron chi connectivity index (χ4n) is 5.97. The first-order valence-electron chi connectivity index (χ1n) is 15.3. The smallest absolute Gasteiger partial charge is 0.269 e. The van der Waals surface area contributed by atoms with E-state index in [0.29, 0.717) is 13.2 Å². The van der Waals surface area contributed by atoms with Crippen molar-refractivity contribution >= 4 is 18.0 Å². The summed E-state index contributed by atoms with van der Waals surface area (Å²) in [6.07, 6.45) is 8.40. The average molecular weight is 588 g/mol. The largest absolute Gasteiger partial charge is 0.411 e. The minimum Gasteiger partial charge on any atom is -0.411 e. The van der Waals surface area contributed by atoms with Gasteiger partial charge in [-0.1, -0.05) is 91.5 Å². The summed E-state index contributed by atoms with van der Waals surface area (Å²) < 4.78 is 13.8. The summed E-state index contributed by atoms with van der Waals surface area (Å²) in [6.45, 7) is 0.815. The van der Waals surface area contributed by atoms with Crippen LogP contribution in [0.15, 0.2) is 71.9 Å². The van der Waals surface area contributed by atoms with Crippen LogP contribution in [0, 0.1) is 0 Å². The Morgan fingerprint density at radius 1 is 0.837 bits per heavy atom. The number of oxime groups is 1. The van der Waals surface area contributed by atoms with Crippen LogP contribution in [-0.4, -0.2) is 57.3 Å². The molecule has 2 aliphatic carbocycles. The van der Waals surface area contributed by atoms with Crippen LogP contribution in [-0.2, 0) is 34.0 Å². The molecule has 0 radical (unpaired) electrons. The van der Waals surface area contributed by atoms with E-state index < -0.39 is 0 Å². The molecule has 0 bridgehead atoms. The van der Waals surface area contributed by atoms with Crippen LogP contribution >= 0.6 is 0 Å². The van der Waals surface area contributed by atoms with E-state index in [0.717, 1.165) is 68.7 Å². The number of hydrogen-bond donors (Lipinski definition) is 3. The second-order valence-electron chi connectivity index (χ2n) is 11.3. The van der Waals surface area contributed by atoms with E-state index in [1.165, 1.54) is 10.7 Å². The zero-order valence-corrected chi connectivity index (χ0v) is 24.4. The molecule has 2 aromatic carbocycles. The average Bonchev–Trinajstić information content (AvgIpc) is 3.43. The molecule has 3 N–H and O–H groups in total. The van der Waals surface area contributed by atoms with Gasteiger partial charge in [0.2, 0.25) is 5.91 Å². The minimum absolute atomic E-state index is 0.0884. The van der Waals surface area contributed by atoms with Gasteiger partial charge in [-0.25, -0.2) is 4.68 Å². The number of carbonyl (C=O) groups is 2. The zero-order chi connectivity index (χ0) is 29.9. The maximum absolute atomic E-state index is 13.5. The van der Waals surface area contributed by atoms with Gasteiger partial charge in [0.1, 0.15) is 17.9 Å². The molecule has 43 heavy (non-hydrogen) atoms. The third-order valence-corrected chi connectivity index (χ3v) is 8.20. The van der Waals surface area contributed by atoms with Crippen molar-refractivity contribution in [2.75, 3.05) is 0 Å². The quantitative estimate of drug-likeness (QED) is 0.162. The minimum atomic E-state index is -0.347. The van der Waals surface area contributed by atoms with Crippen molar-refractivity contribution in [1.29, 1.82) is 0 Å². The maximum atomic E-state index is 13.5. The lowest BCUT2D eigenvalue weighted by molar-refractivity contribution is -0.124. The first kappa shape index (κ1) is 30.4. The van der Waals surface area contributed by atoms with Crippen molar-refractivity contribution in [3.05, 3.63) is 89.2 Å². The van der Waals surface area contributed by atoms with Crippen LogP contribution in [0.4, 0.5) is 0 Å². The number of nitrogens with one attached hydrogen (secondary N) is 2. The summed E-state index contributed by atoms with van der Waals surface area (Å²) in [5, 5.41) is 22.7. The Balaban J connectivity index is 1.21. The van der Waals surface area contributed by atoms with Gasteiger partial charge in [-0.3, -0.25) is 9.59 Å². The molecule has 0 unspecified atom stereocenters. The summed E-state index contributed by atoms with van der Waals surface area (Å²) in [4.78, 5) is 26.8. The monoisotopic (exact) mass is 587 g/mol. The highest BCUT2D eigenvalue weighted by Gasteiger charge is 2.30. The van der Waals surface area contributed by atoms with Gasteiger partial charge >= 0.3 is 0 Å². The predicted molar refractivity (Wildman–Crippen MR) is 162 cm³/mol. The van der Waals surface area contributed by atoms with Crippen molar-refractivity contribution in [3.63, 3.8) is 0 Å². The van der Waals surface area contributed by atoms with E-state index in [2.05, 4.69) is 20.9 Å². The molecule has 10 heteroatoms. The van der Waals surface area contributed by atoms with E-state index in [1.54, 1.807) is 0 Å². The number of ether oxygens (including phenoxy) is 2. The van der Waals surface area contributed by atoms with Crippen LogP contribution in [0.2, 0.25) is 0 Å². The van der Waals surface area contributed by atoms with Crippen LogP contribution in [0.5, 0.6) is 0 Å². The highest BCUT2D eigenvalue weighted by Crippen LogP contribution is 2.24. The number of hydrogen-bond acceptors (Lipinski definition) is 7. The van der Waals surface area contributed by atoms with Gasteiger partial charge in [0.15, 0.2) is 0 Å². The van der Waals surface area contributed by atoms with E-state index >= 15 is 0 Å². The van der Waals surface area contributed by atoms with Crippen molar-refractivity contribution in [2.24, 2.45) is 5.16 Å². The molecular formula is C33H41N5O5. The molecule has 10 nitrogen and oxygen atoms in total. The Kier molecular flexibility index (Phi) is 10.9. The van der Waals surface area contributed by atoms with Gasteiger partial charge in [0.05, 0.1) is 43.7 Å². The Morgan fingerprint density at radius 3 is 1.93 bits per heavy atom. The highest BCUT2D eigenvalue weighted by molar-refractivity contribution is 5.95. The molecule has 1 aromatic heterocycles.